The Morgan fingerprint density at radius 1 is 1.19 bits per heavy atom. The molecule has 0 bridgehead atoms. The lowest BCUT2D eigenvalue weighted by molar-refractivity contribution is 0.414. The quantitative estimate of drug-likeness (QED) is 0.772. The number of nitrogens with zero attached hydrogens (tertiary/aromatic N) is 3. The first-order chi connectivity index (χ1) is 10.0. The number of benzene rings is 1. The summed E-state index contributed by atoms with van der Waals surface area (Å²) >= 11 is 3.51. The van der Waals surface area contributed by atoms with Crippen LogP contribution < -0.4 is 10.5 Å². The molecule has 0 fully saturated rings. The molecule has 21 heavy (non-hydrogen) atoms. The predicted octanol–water partition coefficient (Wildman–Crippen LogP) is 3.39. The Morgan fingerprint density at radius 3 is 2.67 bits per heavy atom. The van der Waals surface area contributed by atoms with E-state index in [-0.39, 0.29) is 0 Å². The lowest BCUT2D eigenvalue weighted by Gasteiger charge is -2.10. The molecule has 6 heteroatoms. The van der Waals surface area contributed by atoms with Gasteiger partial charge in [-0.2, -0.15) is 0 Å². The van der Waals surface area contributed by atoms with Crippen molar-refractivity contribution in [2.45, 2.75) is 13.8 Å². The molecular formula is C15H15BrN4O. The Kier molecular flexibility index (Phi) is 3.33. The number of nitrogen functional groups attached to an aromatic ring is 1. The SMILES string of the molecule is COc1cc(Br)cc(-n2c(C)c(C)c3c(N)ncnc32)c1. The molecule has 0 saturated carbocycles. The third-order valence-corrected chi connectivity index (χ3v) is 4.13. The van der Waals surface area contributed by atoms with E-state index in [9.17, 15) is 0 Å². The van der Waals surface area contributed by atoms with Gasteiger partial charge in [0.1, 0.15) is 17.9 Å². The van der Waals surface area contributed by atoms with Gasteiger partial charge in [-0.05, 0) is 31.5 Å². The number of nitrogens with two attached hydrogens (primary N) is 1. The van der Waals surface area contributed by atoms with E-state index in [4.69, 9.17) is 10.5 Å². The minimum absolute atomic E-state index is 0.501. The van der Waals surface area contributed by atoms with Crippen LogP contribution in [0.1, 0.15) is 11.3 Å². The summed E-state index contributed by atoms with van der Waals surface area (Å²) in [6, 6.07) is 5.91. The van der Waals surface area contributed by atoms with Crippen LogP contribution in [0, 0.1) is 13.8 Å². The maximum atomic E-state index is 6.00. The lowest BCUT2D eigenvalue weighted by atomic mass is 10.2. The number of ether oxygens (including phenoxy) is 1. The van der Waals surface area contributed by atoms with Crippen molar-refractivity contribution >= 4 is 32.8 Å². The smallest absolute Gasteiger partial charge is 0.150 e. The van der Waals surface area contributed by atoms with Gasteiger partial charge in [0.2, 0.25) is 0 Å². The number of aromatic nitrogens is 3. The number of aryl methyl sites for hydroxylation is 1. The molecule has 3 aromatic rings. The van der Waals surface area contributed by atoms with E-state index < -0.39 is 0 Å². The first kappa shape index (κ1) is 13.9. The average Bonchev–Trinajstić information content (AvgIpc) is 2.71. The van der Waals surface area contributed by atoms with Crippen molar-refractivity contribution in [2.75, 3.05) is 12.8 Å². The monoisotopic (exact) mass is 346 g/mol. The molecule has 108 valence electrons. The van der Waals surface area contributed by atoms with Crippen molar-refractivity contribution in [3.63, 3.8) is 0 Å². The number of halogens is 1. The zero-order valence-corrected chi connectivity index (χ0v) is 13.6. The summed E-state index contributed by atoms with van der Waals surface area (Å²) in [6.07, 6.45) is 1.49. The van der Waals surface area contributed by atoms with Crippen molar-refractivity contribution in [2.24, 2.45) is 0 Å². The Morgan fingerprint density at radius 2 is 1.95 bits per heavy atom. The van der Waals surface area contributed by atoms with Gasteiger partial charge in [0, 0.05) is 16.2 Å². The number of methoxy groups -OCH3 is 1. The topological polar surface area (TPSA) is 66.0 Å². The van der Waals surface area contributed by atoms with E-state index in [0.29, 0.717) is 5.82 Å². The zero-order valence-electron chi connectivity index (χ0n) is 12.0. The molecule has 5 nitrogen and oxygen atoms in total. The van der Waals surface area contributed by atoms with Crippen molar-refractivity contribution in [3.8, 4) is 11.4 Å². The van der Waals surface area contributed by atoms with Gasteiger partial charge in [0.05, 0.1) is 18.2 Å². The molecule has 0 atom stereocenters. The van der Waals surface area contributed by atoms with Gasteiger partial charge in [0.25, 0.3) is 0 Å². The standard InChI is InChI=1S/C15H15BrN4O/c1-8-9(2)20(15-13(8)14(17)18-7-19-15)11-4-10(16)5-12(6-11)21-3/h4-7H,1-3H3,(H2,17,18,19). The van der Waals surface area contributed by atoms with Gasteiger partial charge in [-0.15, -0.1) is 0 Å². The molecule has 0 aliphatic heterocycles. The minimum atomic E-state index is 0.501. The zero-order chi connectivity index (χ0) is 15.1. The van der Waals surface area contributed by atoms with Gasteiger partial charge in [-0.3, -0.25) is 4.57 Å². The highest BCUT2D eigenvalue weighted by atomic mass is 79.9. The molecule has 0 radical (unpaired) electrons. The molecular weight excluding hydrogens is 332 g/mol. The molecule has 0 amide bonds. The highest BCUT2D eigenvalue weighted by Crippen LogP contribution is 2.32. The number of rotatable bonds is 2. The Bertz CT molecular complexity index is 841. The summed E-state index contributed by atoms with van der Waals surface area (Å²) in [5, 5.41) is 0.897. The molecule has 0 aliphatic carbocycles. The van der Waals surface area contributed by atoms with Crippen LogP contribution in [0.4, 0.5) is 5.82 Å². The van der Waals surface area contributed by atoms with Gasteiger partial charge < -0.3 is 10.5 Å². The van der Waals surface area contributed by atoms with Crippen LogP contribution in [0.3, 0.4) is 0 Å². The second-order valence-corrected chi connectivity index (χ2v) is 5.77. The number of fused-ring (bicyclic) bond motifs is 1. The maximum Gasteiger partial charge on any atom is 0.150 e. The maximum absolute atomic E-state index is 6.00. The number of hydrogen-bond donors (Lipinski definition) is 1. The number of anilines is 1. The van der Waals surface area contributed by atoms with Crippen molar-refractivity contribution < 1.29 is 4.74 Å². The van der Waals surface area contributed by atoms with Gasteiger partial charge in [-0.1, -0.05) is 15.9 Å². The summed E-state index contributed by atoms with van der Waals surface area (Å²) in [4.78, 5) is 8.49. The molecule has 1 aromatic carbocycles. The van der Waals surface area contributed by atoms with Crippen LogP contribution >= 0.6 is 15.9 Å². The van der Waals surface area contributed by atoms with Gasteiger partial charge in [0.15, 0.2) is 5.65 Å². The van der Waals surface area contributed by atoms with E-state index in [2.05, 4.69) is 30.5 Å². The summed E-state index contributed by atoms with van der Waals surface area (Å²) in [5.74, 6) is 1.28. The Balaban J connectivity index is 2.38. The van der Waals surface area contributed by atoms with Crippen molar-refractivity contribution in [1.29, 1.82) is 0 Å². The van der Waals surface area contributed by atoms with E-state index in [0.717, 1.165) is 38.2 Å². The normalized spacial score (nSPS) is 11.0. The average molecular weight is 347 g/mol. The van der Waals surface area contributed by atoms with Crippen LogP contribution in [0.2, 0.25) is 0 Å². The fourth-order valence-corrected chi connectivity index (χ4v) is 3.00. The molecule has 3 rings (SSSR count). The van der Waals surface area contributed by atoms with E-state index in [1.54, 1.807) is 7.11 Å². The Hall–Kier alpha value is -2.08. The lowest BCUT2D eigenvalue weighted by Crippen LogP contribution is -2.00. The van der Waals surface area contributed by atoms with Crippen molar-refractivity contribution in [1.82, 2.24) is 14.5 Å². The first-order valence-electron chi connectivity index (χ1n) is 6.46. The van der Waals surface area contributed by atoms with Crippen LogP contribution in [-0.2, 0) is 0 Å². The second-order valence-electron chi connectivity index (χ2n) is 4.85. The highest BCUT2D eigenvalue weighted by Gasteiger charge is 2.17. The Labute approximate surface area is 130 Å². The molecule has 0 spiro atoms. The summed E-state index contributed by atoms with van der Waals surface area (Å²) in [7, 11) is 1.65. The largest absolute Gasteiger partial charge is 0.497 e. The van der Waals surface area contributed by atoms with E-state index >= 15 is 0 Å². The van der Waals surface area contributed by atoms with Gasteiger partial charge >= 0.3 is 0 Å². The number of hydrogen-bond acceptors (Lipinski definition) is 4. The second kappa shape index (κ2) is 5.04. The van der Waals surface area contributed by atoms with Crippen molar-refractivity contribution in [3.05, 3.63) is 40.3 Å². The predicted molar refractivity (Wildman–Crippen MR) is 87.0 cm³/mol. The van der Waals surface area contributed by atoms with Crippen LogP contribution in [0.5, 0.6) is 5.75 Å². The molecule has 0 aliphatic rings. The van der Waals surface area contributed by atoms with E-state index in [1.165, 1.54) is 6.33 Å². The molecule has 2 aromatic heterocycles. The molecule has 0 unspecified atom stereocenters. The van der Waals surface area contributed by atoms with Crippen LogP contribution in [0.25, 0.3) is 16.7 Å². The fraction of sp³-hybridized carbons (Fsp3) is 0.200. The molecule has 0 saturated heterocycles. The fourth-order valence-electron chi connectivity index (χ4n) is 2.54. The first-order valence-corrected chi connectivity index (χ1v) is 7.25. The van der Waals surface area contributed by atoms with Crippen LogP contribution in [-0.4, -0.2) is 21.6 Å². The van der Waals surface area contributed by atoms with E-state index in [1.807, 2.05) is 32.0 Å². The highest BCUT2D eigenvalue weighted by molar-refractivity contribution is 9.10. The molecule has 2 N–H and O–H groups in total. The summed E-state index contributed by atoms with van der Waals surface area (Å²) in [6.45, 7) is 4.08. The van der Waals surface area contributed by atoms with Crippen LogP contribution in [0.15, 0.2) is 29.0 Å². The summed E-state index contributed by atoms with van der Waals surface area (Å²) < 4.78 is 8.35. The third kappa shape index (κ3) is 2.15. The summed E-state index contributed by atoms with van der Waals surface area (Å²) in [5.41, 5.74) is 9.94. The molecule has 2 heterocycles. The van der Waals surface area contributed by atoms with Gasteiger partial charge in [-0.25, -0.2) is 9.97 Å². The third-order valence-electron chi connectivity index (χ3n) is 3.67. The minimum Gasteiger partial charge on any atom is -0.497 e.